The minimum Gasteiger partial charge on any atom is -0.450 e. The van der Waals surface area contributed by atoms with Crippen LogP contribution in [0.4, 0.5) is 5.69 Å². The van der Waals surface area contributed by atoms with Gasteiger partial charge in [-0.2, -0.15) is 0 Å². The van der Waals surface area contributed by atoms with Gasteiger partial charge >= 0.3 is 5.97 Å². The Bertz CT molecular complexity index is 1270. The number of primary sulfonamides is 1. The SMILES string of the molecule is NS(=O)(=O)c1ccc(CCNC(=O)COC(=O)c2ccc(-c3ccc([N+](=O)[O-])cc3)o2)cc1. The zero-order valence-electron chi connectivity index (χ0n) is 17.1. The molecule has 1 aromatic heterocycles. The van der Waals surface area contributed by atoms with E-state index in [0.29, 0.717) is 17.7 Å². The molecule has 0 bridgehead atoms. The van der Waals surface area contributed by atoms with Crippen LogP contribution in [-0.4, -0.2) is 38.4 Å². The number of carbonyl (C=O) groups excluding carboxylic acids is 2. The van der Waals surface area contributed by atoms with Crippen molar-refractivity contribution in [2.24, 2.45) is 5.14 Å². The molecule has 2 aromatic carbocycles. The van der Waals surface area contributed by atoms with Crippen LogP contribution in [0.3, 0.4) is 0 Å². The lowest BCUT2D eigenvalue weighted by Crippen LogP contribution is -2.30. The molecule has 11 nitrogen and oxygen atoms in total. The Morgan fingerprint density at radius 3 is 2.30 bits per heavy atom. The molecule has 0 aliphatic rings. The summed E-state index contributed by atoms with van der Waals surface area (Å²) >= 11 is 0. The quantitative estimate of drug-likeness (QED) is 0.270. The summed E-state index contributed by atoms with van der Waals surface area (Å²) in [5, 5.41) is 18.3. The average molecular weight is 473 g/mol. The van der Waals surface area contributed by atoms with Crippen LogP contribution >= 0.6 is 0 Å². The van der Waals surface area contributed by atoms with Gasteiger partial charge in [-0.1, -0.05) is 12.1 Å². The van der Waals surface area contributed by atoms with E-state index in [0.717, 1.165) is 5.56 Å². The molecule has 0 radical (unpaired) electrons. The van der Waals surface area contributed by atoms with Crippen molar-refractivity contribution in [3.8, 4) is 11.3 Å². The number of nitrogens with one attached hydrogen (secondary N) is 1. The van der Waals surface area contributed by atoms with Crippen LogP contribution in [0, 0.1) is 10.1 Å². The number of nitro groups is 1. The summed E-state index contributed by atoms with van der Waals surface area (Å²) in [6.45, 7) is -0.271. The Balaban J connectivity index is 1.45. The first-order valence-corrected chi connectivity index (χ1v) is 11.1. The number of rotatable bonds is 9. The number of non-ortho nitro benzene ring substituents is 1. The summed E-state index contributed by atoms with van der Waals surface area (Å²) in [5.74, 6) is -1.16. The molecule has 0 spiro atoms. The van der Waals surface area contributed by atoms with E-state index >= 15 is 0 Å². The second-order valence-electron chi connectivity index (χ2n) is 6.83. The Kier molecular flexibility index (Phi) is 7.20. The van der Waals surface area contributed by atoms with Crippen LogP contribution in [-0.2, 0) is 26.0 Å². The van der Waals surface area contributed by atoms with Gasteiger partial charge in [0, 0.05) is 24.2 Å². The Morgan fingerprint density at radius 1 is 1.03 bits per heavy atom. The van der Waals surface area contributed by atoms with Crippen LogP contribution < -0.4 is 10.5 Å². The van der Waals surface area contributed by atoms with E-state index in [1.807, 2.05) is 0 Å². The van der Waals surface area contributed by atoms with Gasteiger partial charge in [-0.15, -0.1) is 0 Å². The Morgan fingerprint density at radius 2 is 1.70 bits per heavy atom. The third-order valence-electron chi connectivity index (χ3n) is 4.49. The van der Waals surface area contributed by atoms with Gasteiger partial charge in [0.25, 0.3) is 11.6 Å². The van der Waals surface area contributed by atoms with Crippen molar-refractivity contribution in [1.29, 1.82) is 0 Å². The molecule has 172 valence electrons. The van der Waals surface area contributed by atoms with Crippen molar-refractivity contribution in [3.63, 3.8) is 0 Å². The van der Waals surface area contributed by atoms with Gasteiger partial charge in [0.2, 0.25) is 15.8 Å². The van der Waals surface area contributed by atoms with Gasteiger partial charge in [-0.25, -0.2) is 18.4 Å². The zero-order chi connectivity index (χ0) is 24.0. The molecule has 0 saturated carbocycles. The van der Waals surface area contributed by atoms with Crippen molar-refractivity contribution in [2.75, 3.05) is 13.2 Å². The predicted octanol–water partition coefficient (Wildman–Crippen LogP) is 2.02. The molecular formula is C21H19N3O8S. The van der Waals surface area contributed by atoms with E-state index in [1.165, 1.54) is 48.5 Å². The third-order valence-corrected chi connectivity index (χ3v) is 5.42. The molecule has 1 heterocycles. The number of furan rings is 1. The Labute approximate surface area is 188 Å². The fraction of sp³-hybridized carbons (Fsp3) is 0.143. The monoisotopic (exact) mass is 473 g/mol. The lowest BCUT2D eigenvalue weighted by Gasteiger charge is -2.06. The van der Waals surface area contributed by atoms with E-state index in [9.17, 15) is 28.1 Å². The number of nitrogens with zero attached hydrogens (tertiary/aromatic N) is 1. The number of sulfonamides is 1. The summed E-state index contributed by atoms with van der Waals surface area (Å²) in [7, 11) is -3.76. The maximum Gasteiger partial charge on any atom is 0.374 e. The van der Waals surface area contributed by atoms with Crippen LogP contribution in [0.25, 0.3) is 11.3 Å². The smallest absolute Gasteiger partial charge is 0.374 e. The topological polar surface area (TPSA) is 172 Å². The van der Waals surface area contributed by atoms with Gasteiger partial charge in [-0.3, -0.25) is 14.9 Å². The molecule has 3 N–H and O–H groups in total. The highest BCUT2D eigenvalue weighted by Crippen LogP contribution is 2.24. The molecule has 0 fully saturated rings. The summed E-state index contributed by atoms with van der Waals surface area (Å²) in [5.41, 5.74) is 1.25. The molecule has 0 aliphatic carbocycles. The third kappa shape index (κ3) is 6.48. The van der Waals surface area contributed by atoms with Crippen LogP contribution in [0.5, 0.6) is 0 Å². The minimum atomic E-state index is -3.76. The number of amides is 1. The molecule has 1 amide bonds. The normalized spacial score (nSPS) is 11.1. The summed E-state index contributed by atoms with van der Waals surface area (Å²) in [6, 6.07) is 14.4. The van der Waals surface area contributed by atoms with Crippen molar-refractivity contribution in [2.45, 2.75) is 11.3 Å². The molecule has 3 aromatic rings. The number of hydrogen-bond acceptors (Lipinski definition) is 8. The number of benzene rings is 2. The molecule has 0 unspecified atom stereocenters. The summed E-state index contributed by atoms with van der Waals surface area (Å²) in [6.07, 6.45) is 0.432. The molecule has 12 heteroatoms. The number of esters is 1. The second kappa shape index (κ2) is 10.1. The van der Waals surface area contributed by atoms with Gasteiger partial charge in [-0.05, 0) is 48.4 Å². The van der Waals surface area contributed by atoms with E-state index in [4.69, 9.17) is 14.3 Å². The van der Waals surface area contributed by atoms with E-state index in [1.54, 1.807) is 12.1 Å². The lowest BCUT2D eigenvalue weighted by molar-refractivity contribution is -0.384. The first-order chi connectivity index (χ1) is 15.6. The van der Waals surface area contributed by atoms with Crippen molar-refractivity contribution >= 4 is 27.6 Å². The molecule has 0 atom stereocenters. The van der Waals surface area contributed by atoms with Gasteiger partial charge in [0.1, 0.15) is 5.76 Å². The van der Waals surface area contributed by atoms with Gasteiger partial charge in [0.15, 0.2) is 6.61 Å². The number of carbonyl (C=O) groups is 2. The number of hydrogen-bond donors (Lipinski definition) is 2. The van der Waals surface area contributed by atoms with Gasteiger partial charge in [0.05, 0.1) is 9.82 Å². The molecule has 0 aliphatic heterocycles. The predicted molar refractivity (Wildman–Crippen MR) is 116 cm³/mol. The minimum absolute atomic E-state index is 0.00291. The van der Waals surface area contributed by atoms with Gasteiger partial charge < -0.3 is 14.5 Å². The van der Waals surface area contributed by atoms with Crippen molar-refractivity contribution in [1.82, 2.24) is 5.32 Å². The highest BCUT2D eigenvalue weighted by Gasteiger charge is 2.16. The second-order valence-corrected chi connectivity index (χ2v) is 8.39. The maximum absolute atomic E-state index is 12.1. The van der Waals surface area contributed by atoms with E-state index in [-0.39, 0.29) is 22.9 Å². The van der Waals surface area contributed by atoms with Crippen LogP contribution in [0.1, 0.15) is 16.1 Å². The lowest BCUT2D eigenvalue weighted by atomic mass is 10.1. The van der Waals surface area contributed by atoms with Crippen LogP contribution in [0.2, 0.25) is 0 Å². The summed E-state index contributed by atoms with van der Waals surface area (Å²) in [4.78, 5) is 34.2. The van der Waals surface area contributed by atoms with Crippen molar-refractivity contribution in [3.05, 3.63) is 82.1 Å². The van der Waals surface area contributed by atoms with E-state index < -0.39 is 33.4 Å². The Hall–Kier alpha value is -4.03. The fourth-order valence-corrected chi connectivity index (χ4v) is 3.31. The number of nitro benzene ring substituents is 1. The number of ether oxygens (including phenoxy) is 1. The zero-order valence-corrected chi connectivity index (χ0v) is 17.9. The molecule has 3 rings (SSSR count). The first-order valence-electron chi connectivity index (χ1n) is 9.54. The van der Waals surface area contributed by atoms with Crippen LogP contribution in [0.15, 0.2) is 70.0 Å². The molecule has 0 saturated heterocycles. The standard InChI is InChI=1S/C21H19N3O8S/c22-33(29,30)17-7-1-14(2-8-17)11-12-23-20(25)13-31-21(26)19-10-9-18(32-19)15-3-5-16(6-4-15)24(27)28/h1-10H,11-13H2,(H,23,25)(H2,22,29,30). The maximum atomic E-state index is 12.1. The summed E-state index contributed by atoms with van der Waals surface area (Å²) < 4.78 is 32.8. The largest absolute Gasteiger partial charge is 0.450 e. The average Bonchev–Trinajstić information content (AvgIpc) is 3.28. The molecule has 33 heavy (non-hydrogen) atoms. The first kappa shape index (κ1) is 23.6. The van der Waals surface area contributed by atoms with E-state index in [2.05, 4.69) is 5.32 Å². The number of nitrogens with two attached hydrogens (primary N) is 1. The highest BCUT2D eigenvalue weighted by molar-refractivity contribution is 7.89. The fourth-order valence-electron chi connectivity index (χ4n) is 2.80. The highest BCUT2D eigenvalue weighted by atomic mass is 32.2. The molecular weight excluding hydrogens is 454 g/mol. The van der Waals surface area contributed by atoms with Crippen molar-refractivity contribution < 1.29 is 32.1 Å².